The minimum atomic E-state index is -0.612. The van der Waals surface area contributed by atoms with Crippen LogP contribution in [-0.4, -0.2) is 54.8 Å². The highest BCUT2D eigenvalue weighted by atomic mass is 35.5. The van der Waals surface area contributed by atoms with Crippen LogP contribution in [0.25, 0.3) is 5.57 Å². The van der Waals surface area contributed by atoms with Gasteiger partial charge in [0.05, 0.1) is 11.3 Å². The molecule has 2 heterocycles. The minimum absolute atomic E-state index is 0.0342. The first-order chi connectivity index (χ1) is 13.5. The van der Waals surface area contributed by atoms with Gasteiger partial charge in [-0.2, -0.15) is 0 Å². The summed E-state index contributed by atoms with van der Waals surface area (Å²) in [6, 6.07) is 12.6. The minimum Gasteiger partial charge on any atom is -0.364 e. The summed E-state index contributed by atoms with van der Waals surface area (Å²) < 4.78 is 14.4. The number of amides is 2. The highest BCUT2D eigenvalue weighted by Crippen LogP contribution is 2.36. The van der Waals surface area contributed by atoms with Gasteiger partial charge >= 0.3 is 0 Å². The van der Waals surface area contributed by atoms with Gasteiger partial charge in [-0.3, -0.25) is 9.59 Å². The molecule has 2 aromatic carbocycles. The Morgan fingerprint density at radius 3 is 2.18 bits per heavy atom. The topological polar surface area (TPSA) is 43.9 Å². The van der Waals surface area contributed by atoms with Crippen LogP contribution >= 0.6 is 11.6 Å². The maximum Gasteiger partial charge on any atom is 0.282 e. The van der Waals surface area contributed by atoms with Crippen LogP contribution in [0.5, 0.6) is 0 Å². The van der Waals surface area contributed by atoms with Crippen LogP contribution < -0.4 is 4.90 Å². The fourth-order valence-electron chi connectivity index (χ4n) is 3.57. The molecule has 0 saturated carbocycles. The van der Waals surface area contributed by atoms with Crippen molar-refractivity contribution in [2.75, 3.05) is 38.1 Å². The SMILES string of the molecule is CN1CCN(C2=C(c3ccc(Cl)cc3)C(=O)N(c3ccccc3F)C2=O)CC1. The molecule has 1 saturated heterocycles. The number of halogens is 2. The van der Waals surface area contributed by atoms with Gasteiger partial charge in [0.1, 0.15) is 11.5 Å². The second-order valence-electron chi connectivity index (χ2n) is 6.92. The number of carbonyl (C=O) groups excluding carboxylic acids is 2. The fourth-order valence-corrected chi connectivity index (χ4v) is 3.70. The molecule has 2 amide bonds. The highest BCUT2D eigenvalue weighted by molar-refractivity contribution is 6.45. The number of imide groups is 1. The molecular formula is C21H19ClFN3O2. The van der Waals surface area contributed by atoms with E-state index in [-0.39, 0.29) is 11.3 Å². The smallest absolute Gasteiger partial charge is 0.282 e. The van der Waals surface area contributed by atoms with Crippen LogP contribution in [0.1, 0.15) is 5.56 Å². The van der Waals surface area contributed by atoms with Crippen LogP contribution in [0.4, 0.5) is 10.1 Å². The van der Waals surface area contributed by atoms with Gasteiger partial charge in [-0.1, -0.05) is 35.9 Å². The lowest BCUT2D eigenvalue weighted by molar-refractivity contribution is -0.120. The maximum absolute atomic E-state index is 14.4. The number of para-hydroxylation sites is 1. The predicted octanol–water partition coefficient (Wildman–Crippen LogP) is 3.01. The number of piperazine rings is 1. The van der Waals surface area contributed by atoms with E-state index >= 15 is 0 Å². The first kappa shape index (κ1) is 18.7. The van der Waals surface area contributed by atoms with Gasteiger partial charge in [-0.25, -0.2) is 9.29 Å². The second kappa shape index (κ2) is 7.37. The zero-order valence-corrected chi connectivity index (χ0v) is 16.1. The molecule has 0 aromatic heterocycles. The third-order valence-corrected chi connectivity index (χ3v) is 5.36. The van der Waals surface area contributed by atoms with E-state index in [1.807, 2.05) is 11.9 Å². The molecule has 144 valence electrons. The molecule has 28 heavy (non-hydrogen) atoms. The average Bonchev–Trinajstić information content (AvgIpc) is 2.94. The first-order valence-corrected chi connectivity index (χ1v) is 9.42. The van der Waals surface area contributed by atoms with Gasteiger partial charge in [0.25, 0.3) is 11.8 Å². The summed E-state index contributed by atoms with van der Waals surface area (Å²) in [6.07, 6.45) is 0. The third-order valence-electron chi connectivity index (χ3n) is 5.11. The van der Waals surface area contributed by atoms with E-state index in [1.54, 1.807) is 30.3 Å². The lowest BCUT2D eigenvalue weighted by Gasteiger charge is -2.34. The van der Waals surface area contributed by atoms with Gasteiger partial charge in [-0.15, -0.1) is 0 Å². The van der Waals surface area contributed by atoms with Crippen molar-refractivity contribution in [3.05, 3.63) is 70.6 Å². The Morgan fingerprint density at radius 1 is 0.893 bits per heavy atom. The van der Waals surface area contributed by atoms with Crippen molar-refractivity contribution >= 4 is 34.7 Å². The average molecular weight is 400 g/mol. The van der Waals surface area contributed by atoms with Crippen molar-refractivity contribution in [3.63, 3.8) is 0 Å². The number of nitrogens with zero attached hydrogens (tertiary/aromatic N) is 3. The summed E-state index contributed by atoms with van der Waals surface area (Å²) in [5.41, 5.74) is 1.17. The van der Waals surface area contributed by atoms with E-state index in [0.29, 0.717) is 29.4 Å². The largest absolute Gasteiger partial charge is 0.364 e. The number of hydrogen-bond donors (Lipinski definition) is 0. The van der Waals surface area contributed by atoms with Crippen LogP contribution in [0.15, 0.2) is 54.2 Å². The van der Waals surface area contributed by atoms with E-state index < -0.39 is 17.6 Å². The lowest BCUT2D eigenvalue weighted by Crippen LogP contribution is -2.46. The number of rotatable bonds is 3. The van der Waals surface area contributed by atoms with Gasteiger partial charge in [0.15, 0.2) is 0 Å². The molecule has 5 nitrogen and oxygen atoms in total. The summed E-state index contributed by atoms with van der Waals surface area (Å²) in [5.74, 6) is -1.63. The number of carbonyl (C=O) groups is 2. The van der Waals surface area contributed by atoms with Gasteiger partial charge in [0.2, 0.25) is 0 Å². The van der Waals surface area contributed by atoms with Crippen molar-refractivity contribution in [2.45, 2.75) is 0 Å². The maximum atomic E-state index is 14.4. The van der Waals surface area contributed by atoms with Crippen molar-refractivity contribution in [1.82, 2.24) is 9.80 Å². The molecule has 0 bridgehead atoms. The van der Waals surface area contributed by atoms with Crippen LogP contribution in [0.2, 0.25) is 5.02 Å². The zero-order valence-electron chi connectivity index (χ0n) is 15.4. The Morgan fingerprint density at radius 2 is 1.54 bits per heavy atom. The van der Waals surface area contributed by atoms with Crippen LogP contribution in [-0.2, 0) is 9.59 Å². The Bertz CT molecular complexity index is 966. The fraction of sp³-hybridized carbons (Fsp3) is 0.238. The van der Waals surface area contributed by atoms with Crippen molar-refractivity contribution in [3.8, 4) is 0 Å². The summed E-state index contributed by atoms with van der Waals surface area (Å²) in [4.78, 5) is 31.6. The molecule has 0 atom stereocenters. The van der Waals surface area contributed by atoms with Crippen LogP contribution in [0, 0.1) is 5.82 Å². The molecule has 2 aliphatic rings. The Balaban J connectivity index is 1.82. The number of anilines is 1. The van der Waals surface area contributed by atoms with E-state index in [2.05, 4.69) is 4.90 Å². The Labute approximate surface area is 167 Å². The van der Waals surface area contributed by atoms with Crippen molar-refractivity contribution in [2.24, 2.45) is 0 Å². The standard InChI is InChI=1S/C21H19ClFN3O2/c1-24-10-12-25(13-11-24)19-18(14-6-8-15(22)9-7-14)20(27)26(21(19)28)17-5-3-2-4-16(17)23/h2-9H,10-13H2,1H3. The highest BCUT2D eigenvalue weighted by Gasteiger charge is 2.43. The molecule has 7 heteroatoms. The van der Waals surface area contributed by atoms with E-state index in [9.17, 15) is 14.0 Å². The Hall–Kier alpha value is -2.70. The molecule has 1 fully saturated rings. The summed E-state index contributed by atoms with van der Waals surface area (Å²) in [5, 5.41) is 0.535. The molecule has 2 aliphatic heterocycles. The third kappa shape index (κ3) is 3.19. The van der Waals surface area contributed by atoms with Crippen molar-refractivity contribution in [1.29, 1.82) is 0 Å². The summed E-state index contributed by atoms with van der Waals surface area (Å²) in [6.45, 7) is 2.79. The molecule has 2 aromatic rings. The Kier molecular flexibility index (Phi) is 4.91. The molecule has 0 aliphatic carbocycles. The summed E-state index contributed by atoms with van der Waals surface area (Å²) in [7, 11) is 2.01. The van der Waals surface area contributed by atoms with Crippen LogP contribution in [0.3, 0.4) is 0 Å². The number of benzene rings is 2. The molecule has 0 unspecified atom stereocenters. The van der Waals surface area contributed by atoms with Crippen molar-refractivity contribution < 1.29 is 14.0 Å². The van der Waals surface area contributed by atoms with Gasteiger partial charge in [0, 0.05) is 31.2 Å². The lowest BCUT2D eigenvalue weighted by atomic mass is 10.0. The normalized spacial score (nSPS) is 18.4. The molecule has 0 spiro atoms. The number of hydrogen-bond acceptors (Lipinski definition) is 4. The first-order valence-electron chi connectivity index (χ1n) is 9.04. The molecular weight excluding hydrogens is 381 g/mol. The molecule has 0 N–H and O–H groups in total. The van der Waals surface area contributed by atoms with E-state index in [0.717, 1.165) is 18.0 Å². The molecule has 0 radical (unpaired) electrons. The number of likely N-dealkylation sites (N-methyl/N-ethyl adjacent to an activating group) is 1. The van der Waals surface area contributed by atoms with E-state index in [4.69, 9.17) is 11.6 Å². The monoisotopic (exact) mass is 399 g/mol. The predicted molar refractivity (Wildman–Crippen MR) is 106 cm³/mol. The molecule has 4 rings (SSSR count). The zero-order chi connectivity index (χ0) is 19.8. The van der Waals surface area contributed by atoms with Gasteiger partial charge < -0.3 is 9.80 Å². The second-order valence-corrected chi connectivity index (χ2v) is 7.35. The van der Waals surface area contributed by atoms with Gasteiger partial charge in [-0.05, 0) is 36.9 Å². The quantitative estimate of drug-likeness (QED) is 0.744. The van der Waals surface area contributed by atoms with E-state index in [1.165, 1.54) is 18.2 Å². The summed E-state index contributed by atoms with van der Waals surface area (Å²) >= 11 is 5.99.